The van der Waals surface area contributed by atoms with Crippen LogP contribution in [0.2, 0.25) is 5.02 Å². The maximum atomic E-state index is 6.53. The maximum absolute atomic E-state index is 6.53. The van der Waals surface area contributed by atoms with Crippen LogP contribution in [0.25, 0.3) is 15.8 Å². The molecule has 2 nitrogen and oxygen atoms in total. The van der Waals surface area contributed by atoms with Crippen molar-refractivity contribution < 1.29 is 9.47 Å². The van der Waals surface area contributed by atoms with Gasteiger partial charge in [-0.25, -0.2) is 0 Å². The normalized spacial score (nSPS) is 30.1. The van der Waals surface area contributed by atoms with E-state index in [9.17, 15) is 0 Å². The third-order valence-electron chi connectivity index (χ3n) is 6.53. The zero-order valence-corrected chi connectivity index (χ0v) is 16.3. The van der Waals surface area contributed by atoms with E-state index in [0.29, 0.717) is 5.02 Å². The van der Waals surface area contributed by atoms with Gasteiger partial charge in [0.1, 0.15) is 11.5 Å². The Morgan fingerprint density at radius 3 is 2.32 bits per heavy atom. The number of halogens is 1. The highest BCUT2D eigenvalue weighted by molar-refractivity contribution is 7.20. The standard InChI is InChI=1S/C21H23ClO2S/c1-23-16-3-4-17-15(20(16)22)10-18(25-17)21(24-2)19-13-6-11-5-12(8-13)9-14(19)7-11/h3-4,10-14H,5-9H2,1-2H3. The Morgan fingerprint density at radius 1 is 1.04 bits per heavy atom. The van der Waals surface area contributed by atoms with Gasteiger partial charge in [0.2, 0.25) is 0 Å². The number of methoxy groups -OCH3 is 2. The van der Waals surface area contributed by atoms with Crippen molar-refractivity contribution in [2.45, 2.75) is 32.1 Å². The van der Waals surface area contributed by atoms with Gasteiger partial charge in [-0.05, 0) is 79.5 Å². The lowest BCUT2D eigenvalue weighted by molar-refractivity contribution is 0.0676. The summed E-state index contributed by atoms with van der Waals surface area (Å²) in [4.78, 5) is 1.22. The van der Waals surface area contributed by atoms with E-state index in [-0.39, 0.29) is 0 Å². The van der Waals surface area contributed by atoms with E-state index >= 15 is 0 Å². The maximum Gasteiger partial charge on any atom is 0.138 e. The summed E-state index contributed by atoms with van der Waals surface area (Å²) in [7, 11) is 3.50. The van der Waals surface area contributed by atoms with Crippen LogP contribution in [0.1, 0.15) is 37.0 Å². The van der Waals surface area contributed by atoms with Crippen molar-refractivity contribution in [2.24, 2.45) is 23.7 Å². The Kier molecular flexibility index (Phi) is 3.79. The summed E-state index contributed by atoms with van der Waals surface area (Å²) in [6.07, 6.45) is 6.95. The molecule has 2 aromatic rings. The first kappa shape index (κ1) is 16.0. The highest BCUT2D eigenvalue weighted by Gasteiger charge is 2.46. The molecule has 0 amide bonds. The second-order valence-electron chi connectivity index (χ2n) is 7.90. The number of thiophene rings is 1. The summed E-state index contributed by atoms with van der Waals surface area (Å²) in [6, 6.07) is 6.25. The fraction of sp³-hybridized carbons (Fsp3) is 0.524. The van der Waals surface area contributed by atoms with Crippen LogP contribution in [0.3, 0.4) is 0 Å². The van der Waals surface area contributed by atoms with E-state index < -0.39 is 0 Å². The predicted octanol–water partition coefficient (Wildman–Crippen LogP) is 6.38. The molecule has 0 saturated heterocycles. The molecule has 4 saturated carbocycles. The minimum atomic E-state index is 0.702. The van der Waals surface area contributed by atoms with Gasteiger partial charge in [-0.15, -0.1) is 11.3 Å². The molecule has 4 aliphatic carbocycles. The van der Waals surface area contributed by atoms with Crippen LogP contribution in [0, 0.1) is 23.7 Å². The Bertz CT molecular complexity index is 836. The van der Waals surface area contributed by atoms with Gasteiger partial charge in [-0.2, -0.15) is 0 Å². The van der Waals surface area contributed by atoms with Gasteiger partial charge in [-0.1, -0.05) is 11.6 Å². The Labute approximate surface area is 157 Å². The fourth-order valence-corrected chi connectivity index (χ4v) is 7.22. The number of ether oxygens (including phenoxy) is 2. The van der Waals surface area contributed by atoms with E-state index in [1.54, 1.807) is 24.0 Å². The molecule has 0 unspecified atom stereocenters. The molecule has 4 bridgehead atoms. The van der Waals surface area contributed by atoms with Crippen LogP contribution in [0.15, 0.2) is 23.8 Å². The number of rotatable bonds is 3. The summed E-state index contributed by atoms with van der Waals surface area (Å²) < 4.78 is 12.6. The van der Waals surface area contributed by atoms with Gasteiger partial charge in [0.15, 0.2) is 0 Å². The number of hydrogen-bond acceptors (Lipinski definition) is 3. The van der Waals surface area contributed by atoms with Crippen molar-refractivity contribution in [2.75, 3.05) is 14.2 Å². The van der Waals surface area contributed by atoms with Crippen molar-refractivity contribution in [3.63, 3.8) is 0 Å². The second-order valence-corrected chi connectivity index (χ2v) is 9.36. The van der Waals surface area contributed by atoms with Crippen molar-refractivity contribution in [1.82, 2.24) is 0 Å². The average Bonchev–Trinajstić information content (AvgIpc) is 3.02. The molecule has 6 rings (SSSR count). The van der Waals surface area contributed by atoms with E-state index in [1.165, 1.54) is 41.7 Å². The van der Waals surface area contributed by atoms with E-state index in [1.807, 2.05) is 13.2 Å². The summed E-state index contributed by atoms with van der Waals surface area (Å²) >= 11 is 8.32. The van der Waals surface area contributed by atoms with Gasteiger partial charge >= 0.3 is 0 Å². The van der Waals surface area contributed by atoms with Gasteiger partial charge < -0.3 is 9.47 Å². The summed E-state index contributed by atoms with van der Waals surface area (Å²) in [5.41, 5.74) is 1.60. The number of hydrogen-bond donors (Lipinski definition) is 0. The zero-order chi connectivity index (χ0) is 17.1. The van der Waals surface area contributed by atoms with Gasteiger partial charge in [0.25, 0.3) is 0 Å². The van der Waals surface area contributed by atoms with E-state index in [0.717, 1.165) is 40.6 Å². The first-order chi connectivity index (χ1) is 12.2. The minimum Gasteiger partial charge on any atom is -0.495 e. The SMILES string of the molecule is COC(=C1C2CC3CC(C2)CC1C3)c1cc2c(Cl)c(OC)ccc2s1. The predicted molar refractivity (Wildman–Crippen MR) is 104 cm³/mol. The molecule has 4 heteroatoms. The number of benzene rings is 1. The van der Waals surface area contributed by atoms with Crippen LogP contribution < -0.4 is 4.74 Å². The summed E-state index contributed by atoms with van der Waals surface area (Å²) in [5.74, 6) is 5.27. The van der Waals surface area contributed by atoms with Crippen molar-refractivity contribution in [1.29, 1.82) is 0 Å². The molecule has 0 atom stereocenters. The lowest BCUT2D eigenvalue weighted by Crippen LogP contribution is -2.40. The highest BCUT2D eigenvalue weighted by Crippen LogP contribution is 2.58. The third kappa shape index (κ3) is 2.43. The molecule has 0 aliphatic heterocycles. The lowest BCUT2D eigenvalue weighted by Gasteiger charge is -2.51. The average molecular weight is 375 g/mol. The smallest absolute Gasteiger partial charge is 0.138 e. The highest BCUT2D eigenvalue weighted by atomic mass is 35.5. The molecule has 4 aliphatic rings. The zero-order valence-electron chi connectivity index (χ0n) is 14.7. The van der Waals surface area contributed by atoms with Gasteiger partial charge in [-0.3, -0.25) is 0 Å². The molecule has 1 aromatic carbocycles. The van der Waals surface area contributed by atoms with Crippen molar-refractivity contribution >= 4 is 38.8 Å². The lowest BCUT2D eigenvalue weighted by atomic mass is 9.54. The molecular formula is C21H23ClO2S. The topological polar surface area (TPSA) is 18.5 Å². The van der Waals surface area contributed by atoms with Crippen molar-refractivity contribution in [3.8, 4) is 5.75 Å². The van der Waals surface area contributed by atoms with Gasteiger partial charge in [0.05, 0.1) is 24.1 Å². The number of allylic oxidation sites excluding steroid dienone is 1. The summed E-state index contributed by atoms with van der Waals surface area (Å²) in [6.45, 7) is 0. The molecule has 1 heterocycles. The molecule has 0 radical (unpaired) electrons. The Morgan fingerprint density at radius 2 is 1.72 bits per heavy atom. The van der Waals surface area contributed by atoms with Gasteiger partial charge in [0, 0.05) is 10.1 Å². The molecule has 0 N–H and O–H groups in total. The first-order valence-corrected chi connectivity index (χ1v) is 10.4. The van der Waals surface area contributed by atoms with Crippen LogP contribution in [-0.2, 0) is 4.74 Å². The fourth-order valence-electron chi connectivity index (χ4n) is 5.75. The van der Waals surface area contributed by atoms with E-state index in [4.69, 9.17) is 21.1 Å². The molecule has 0 spiro atoms. The minimum absolute atomic E-state index is 0.702. The number of fused-ring (bicyclic) bond motifs is 1. The molecule has 4 fully saturated rings. The van der Waals surface area contributed by atoms with Crippen LogP contribution in [-0.4, -0.2) is 14.2 Å². The van der Waals surface area contributed by atoms with Crippen LogP contribution in [0.5, 0.6) is 5.75 Å². The Balaban J connectivity index is 1.63. The van der Waals surface area contributed by atoms with Crippen molar-refractivity contribution in [3.05, 3.63) is 33.7 Å². The second kappa shape index (κ2) is 5.92. The first-order valence-electron chi connectivity index (χ1n) is 9.22. The van der Waals surface area contributed by atoms with E-state index in [2.05, 4.69) is 12.1 Å². The van der Waals surface area contributed by atoms with Crippen LogP contribution >= 0.6 is 22.9 Å². The monoisotopic (exact) mass is 374 g/mol. The largest absolute Gasteiger partial charge is 0.495 e. The summed E-state index contributed by atoms with van der Waals surface area (Å²) in [5, 5.41) is 1.77. The quantitative estimate of drug-likeness (QED) is 0.580. The molecular weight excluding hydrogens is 352 g/mol. The Hall–Kier alpha value is -1.19. The third-order valence-corrected chi connectivity index (χ3v) is 8.02. The molecule has 25 heavy (non-hydrogen) atoms. The molecule has 1 aromatic heterocycles. The van der Waals surface area contributed by atoms with Crippen LogP contribution in [0.4, 0.5) is 0 Å². The molecule has 132 valence electrons.